The van der Waals surface area contributed by atoms with Crippen molar-refractivity contribution in [1.82, 2.24) is 9.88 Å². The van der Waals surface area contributed by atoms with E-state index in [4.69, 9.17) is 18.6 Å². The van der Waals surface area contributed by atoms with Crippen LogP contribution in [0.25, 0.3) is 0 Å². The van der Waals surface area contributed by atoms with Crippen molar-refractivity contribution in [2.45, 2.75) is 26.5 Å². The van der Waals surface area contributed by atoms with Gasteiger partial charge in [0.05, 0.1) is 0 Å². The summed E-state index contributed by atoms with van der Waals surface area (Å²) in [5.41, 5.74) is 0.250. The van der Waals surface area contributed by atoms with Crippen LogP contribution in [0, 0.1) is 0 Å². The minimum absolute atomic E-state index is 0.0375. The second-order valence-electron chi connectivity index (χ2n) is 5.77. The fourth-order valence-corrected chi connectivity index (χ4v) is 2.40. The number of benzene rings is 1. The van der Waals surface area contributed by atoms with E-state index in [-0.39, 0.29) is 31.0 Å². The molecule has 3 rings (SSSR count). The van der Waals surface area contributed by atoms with E-state index in [0.717, 1.165) is 0 Å². The molecule has 1 aliphatic heterocycles. The number of hydrogen-bond acceptors (Lipinski definition) is 6. The molecule has 0 radical (unpaired) electrons. The first kappa shape index (κ1) is 16.9. The van der Waals surface area contributed by atoms with Gasteiger partial charge in [0, 0.05) is 18.7 Å². The number of hydrogen-bond donors (Lipinski definition) is 0. The van der Waals surface area contributed by atoms with E-state index in [2.05, 4.69) is 11.6 Å². The highest BCUT2D eigenvalue weighted by atomic mass is 16.7. The normalized spacial score (nSPS) is 12.3. The minimum atomic E-state index is -0.201. The number of carbonyl (C=O) groups excluding carboxylic acids is 1. The summed E-state index contributed by atoms with van der Waals surface area (Å²) < 4.78 is 21.5. The lowest BCUT2D eigenvalue weighted by molar-refractivity contribution is 0.0722. The molecular weight excluding hydrogens is 324 g/mol. The molecule has 0 bridgehead atoms. The molecule has 7 nitrogen and oxygen atoms in total. The average molecular weight is 344 g/mol. The third kappa shape index (κ3) is 3.76. The van der Waals surface area contributed by atoms with Gasteiger partial charge in [0.25, 0.3) is 5.91 Å². The van der Waals surface area contributed by atoms with E-state index in [9.17, 15) is 4.79 Å². The van der Waals surface area contributed by atoms with E-state index in [1.807, 2.05) is 13.8 Å². The van der Waals surface area contributed by atoms with Crippen LogP contribution in [-0.2, 0) is 6.61 Å². The molecular formula is C18H20N2O5. The summed E-state index contributed by atoms with van der Waals surface area (Å²) in [6.07, 6.45) is 3.03. The lowest BCUT2D eigenvalue weighted by atomic mass is 10.3. The van der Waals surface area contributed by atoms with Crippen molar-refractivity contribution < 1.29 is 23.4 Å². The Bertz CT molecular complexity index is 769. The van der Waals surface area contributed by atoms with Gasteiger partial charge in [-0.1, -0.05) is 6.08 Å². The van der Waals surface area contributed by atoms with Gasteiger partial charge in [-0.15, -0.1) is 6.58 Å². The zero-order valence-electron chi connectivity index (χ0n) is 14.2. The molecule has 1 aromatic carbocycles. The number of amides is 1. The Hall–Kier alpha value is -2.96. The van der Waals surface area contributed by atoms with Crippen molar-refractivity contribution in [3.8, 4) is 17.2 Å². The van der Waals surface area contributed by atoms with Gasteiger partial charge in [-0.2, -0.15) is 0 Å². The van der Waals surface area contributed by atoms with E-state index in [1.54, 1.807) is 29.2 Å². The maximum Gasteiger partial charge on any atom is 0.276 e. The van der Waals surface area contributed by atoms with Crippen molar-refractivity contribution in [1.29, 1.82) is 0 Å². The molecule has 0 atom stereocenters. The monoisotopic (exact) mass is 344 g/mol. The van der Waals surface area contributed by atoms with Crippen molar-refractivity contribution in [3.63, 3.8) is 0 Å². The zero-order chi connectivity index (χ0) is 17.8. The fourth-order valence-electron chi connectivity index (χ4n) is 2.40. The van der Waals surface area contributed by atoms with Gasteiger partial charge in [-0.25, -0.2) is 4.98 Å². The molecule has 0 saturated heterocycles. The smallest absolute Gasteiger partial charge is 0.276 e. The van der Waals surface area contributed by atoms with Crippen LogP contribution in [-0.4, -0.2) is 35.2 Å². The van der Waals surface area contributed by atoms with Crippen molar-refractivity contribution in [3.05, 3.63) is 48.7 Å². The average Bonchev–Trinajstić information content (AvgIpc) is 3.25. The van der Waals surface area contributed by atoms with Gasteiger partial charge < -0.3 is 23.5 Å². The lowest BCUT2D eigenvalue weighted by Gasteiger charge is -2.24. The second kappa shape index (κ2) is 7.29. The summed E-state index contributed by atoms with van der Waals surface area (Å²) in [5, 5.41) is 0. The highest BCUT2D eigenvalue weighted by Crippen LogP contribution is 2.35. The van der Waals surface area contributed by atoms with Crippen LogP contribution in [0.15, 0.2) is 41.5 Å². The first-order chi connectivity index (χ1) is 12.1. The number of carbonyl (C=O) groups is 1. The second-order valence-corrected chi connectivity index (χ2v) is 5.77. The first-order valence-corrected chi connectivity index (χ1v) is 7.97. The minimum Gasteiger partial charge on any atom is -0.484 e. The summed E-state index contributed by atoms with van der Waals surface area (Å²) in [5.74, 6) is 2.05. The number of fused-ring (bicyclic) bond motifs is 1. The molecule has 1 amide bonds. The van der Waals surface area contributed by atoms with Crippen LogP contribution in [0.3, 0.4) is 0 Å². The van der Waals surface area contributed by atoms with Gasteiger partial charge in [0.15, 0.2) is 23.8 Å². The fraction of sp³-hybridized carbons (Fsp3) is 0.333. The number of rotatable bonds is 7. The van der Waals surface area contributed by atoms with Gasteiger partial charge in [-0.3, -0.25) is 4.79 Å². The Labute approximate surface area is 145 Å². The predicted molar refractivity (Wildman–Crippen MR) is 89.8 cm³/mol. The molecule has 0 spiro atoms. The molecule has 0 saturated carbocycles. The molecule has 132 valence electrons. The van der Waals surface area contributed by atoms with E-state index >= 15 is 0 Å². The number of aromatic nitrogens is 1. The highest BCUT2D eigenvalue weighted by Gasteiger charge is 2.21. The lowest BCUT2D eigenvalue weighted by Crippen LogP contribution is -2.37. The van der Waals surface area contributed by atoms with Crippen molar-refractivity contribution in [2.24, 2.45) is 0 Å². The van der Waals surface area contributed by atoms with Gasteiger partial charge in [0.2, 0.25) is 12.7 Å². The van der Waals surface area contributed by atoms with Crippen LogP contribution in [0.5, 0.6) is 17.2 Å². The maximum atomic E-state index is 12.5. The standard InChI is InChI=1S/C18H20N2O5/c1-4-7-20(12(2)3)18(21)14-9-23-17(19-14)10-22-13-5-6-15-16(8-13)25-11-24-15/h4-6,8-9,12H,1,7,10-11H2,2-3H3. The van der Waals surface area contributed by atoms with E-state index in [1.165, 1.54) is 6.26 Å². The number of nitrogens with zero attached hydrogens (tertiary/aromatic N) is 2. The molecule has 0 fully saturated rings. The van der Waals surface area contributed by atoms with Crippen LogP contribution in [0.1, 0.15) is 30.2 Å². The van der Waals surface area contributed by atoms with Crippen LogP contribution in [0.2, 0.25) is 0 Å². The van der Waals surface area contributed by atoms with Gasteiger partial charge in [0.1, 0.15) is 12.0 Å². The summed E-state index contributed by atoms with van der Waals surface area (Å²) >= 11 is 0. The van der Waals surface area contributed by atoms with Crippen LogP contribution >= 0.6 is 0 Å². The molecule has 25 heavy (non-hydrogen) atoms. The summed E-state index contributed by atoms with van der Waals surface area (Å²) in [6.45, 7) is 8.31. The number of oxazole rings is 1. The van der Waals surface area contributed by atoms with Gasteiger partial charge in [-0.05, 0) is 26.0 Å². The molecule has 1 aromatic heterocycles. The molecule has 0 unspecified atom stereocenters. The Morgan fingerprint density at radius 1 is 1.40 bits per heavy atom. The topological polar surface area (TPSA) is 74.0 Å². The predicted octanol–water partition coefficient (Wildman–Crippen LogP) is 3.02. The molecule has 2 aromatic rings. The largest absolute Gasteiger partial charge is 0.484 e. The Morgan fingerprint density at radius 3 is 2.96 bits per heavy atom. The molecule has 7 heteroatoms. The van der Waals surface area contributed by atoms with Crippen LogP contribution in [0.4, 0.5) is 0 Å². The zero-order valence-corrected chi connectivity index (χ0v) is 14.2. The molecule has 2 heterocycles. The first-order valence-electron chi connectivity index (χ1n) is 7.97. The van der Waals surface area contributed by atoms with E-state index in [0.29, 0.717) is 29.7 Å². The highest BCUT2D eigenvalue weighted by molar-refractivity contribution is 5.92. The Balaban J connectivity index is 1.63. The Kier molecular flexibility index (Phi) is 4.92. The maximum absolute atomic E-state index is 12.5. The van der Waals surface area contributed by atoms with Crippen molar-refractivity contribution in [2.75, 3.05) is 13.3 Å². The molecule has 0 N–H and O–H groups in total. The van der Waals surface area contributed by atoms with E-state index < -0.39 is 0 Å². The Morgan fingerprint density at radius 2 is 2.20 bits per heavy atom. The van der Waals surface area contributed by atoms with Gasteiger partial charge >= 0.3 is 0 Å². The van der Waals surface area contributed by atoms with Crippen molar-refractivity contribution >= 4 is 5.91 Å². The molecule has 1 aliphatic rings. The summed E-state index contributed by atoms with van der Waals surface area (Å²) in [6, 6.07) is 5.32. The molecule has 0 aliphatic carbocycles. The number of ether oxygens (including phenoxy) is 3. The quantitative estimate of drug-likeness (QED) is 0.719. The van der Waals surface area contributed by atoms with Crippen LogP contribution < -0.4 is 14.2 Å². The SMILES string of the molecule is C=CCN(C(=O)c1coc(COc2ccc3c(c2)OCO3)n1)C(C)C. The summed E-state index contributed by atoms with van der Waals surface area (Å²) in [7, 11) is 0. The third-order valence-corrected chi connectivity index (χ3v) is 3.69. The third-order valence-electron chi connectivity index (χ3n) is 3.69. The summed E-state index contributed by atoms with van der Waals surface area (Å²) in [4.78, 5) is 18.3.